The Morgan fingerprint density at radius 3 is 3.00 bits per heavy atom. The zero-order valence-corrected chi connectivity index (χ0v) is 11.2. The van der Waals surface area contributed by atoms with Crippen molar-refractivity contribution in [3.63, 3.8) is 0 Å². The molecule has 2 aromatic rings. The van der Waals surface area contributed by atoms with Crippen LogP contribution < -0.4 is 10.0 Å². The third-order valence-corrected chi connectivity index (χ3v) is 4.29. The predicted octanol–water partition coefficient (Wildman–Crippen LogP) is 1.19. The van der Waals surface area contributed by atoms with E-state index in [1.54, 1.807) is 17.7 Å². The summed E-state index contributed by atoms with van der Waals surface area (Å²) in [6, 6.07) is 5.49. The fourth-order valence-electron chi connectivity index (χ4n) is 2.10. The Morgan fingerprint density at radius 1 is 1.42 bits per heavy atom. The maximum Gasteiger partial charge on any atom is 0.280 e. The van der Waals surface area contributed by atoms with Gasteiger partial charge in [0, 0.05) is 31.2 Å². The van der Waals surface area contributed by atoms with Crippen LogP contribution in [0.5, 0.6) is 0 Å². The van der Waals surface area contributed by atoms with Gasteiger partial charge in [0.15, 0.2) is 5.03 Å². The van der Waals surface area contributed by atoms with Gasteiger partial charge in [0.25, 0.3) is 10.0 Å². The van der Waals surface area contributed by atoms with Gasteiger partial charge < -0.3 is 9.88 Å². The number of hydrogen-bond donors (Lipinski definition) is 2. The van der Waals surface area contributed by atoms with E-state index in [0.717, 1.165) is 24.2 Å². The molecule has 0 saturated carbocycles. The number of anilines is 2. The van der Waals surface area contributed by atoms with Gasteiger partial charge in [-0.05, 0) is 30.2 Å². The van der Waals surface area contributed by atoms with Gasteiger partial charge in [-0.15, -0.1) is 0 Å². The first-order valence-electron chi connectivity index (χ1n) is 5.92. The summed E-state index contributed by atoms with van der Waals surface area (Å²) < 4.78 is 28.4. The van der Waals surface area contributed by atoms with Gasteiger partial charge in [0.2, 0.25) is 0 Å². The lowest BCUT2D eigenvalue weighted by molar-refractivity contribution is 0.598. The first kappa shape index (κ1) is 12.0. The Bertz CT molecular complexity index is 721. The Morgan fingerprint density at radius 2 is 2.26 bits per heavy atom. The molecule has 0 aliphatic carbocycles. The van der Waals surface area contributed by atoms with E-state index in [-0.39, 0.29) is 5.03 Å². The van der Waals surface area contributed by atoms with E-state index in [1.807, 2.05) is 12.1 Å². The number of aromatic nitrogens is 2. The van der Waals surface area contributed by atoms with Gasteiger partial charge in [0.05, 0.1) is 6.33 Å². The summed E-state index contributed by atoms with van der Waals surface area (Å²) in [5, 5.41) is 3.25. The number of rotatable bonds is 3. The number of fused-ring (bicyclic) bond motifs is 1. The predicted molar refractivity (Wildman–Crippen MR) is 72.7 cm³/mol. The van der Waals surface area contributed by atoms with Crippen molar-refractivity contribution in [2.75, 3.05) is 16.6 Å². The smallest absolute Gasteiger partial charge is 0.280 e. The van der Waals surface area contributed by atoms with Crippen molar-refractivity contribution in [2.45, 2.75) is 11.4 Å². The van der Waals surface area contributed by atoms with Gasteiger partial charge in [0.1, 0.15) is 0 Å². The summed E-state index contributed by atoms with van der Waals surface area (Å²) in [7, 11) is -1.88. The summed E-state index contributed by atoms with van der Waals surface area (Å²) in [5.74, 6) is 0. The van der Waals surface area contributed by atoms with Crippen LogP contribution in [0.25, 0.3) is 0 Å². The highest BCUT2D eigenvalue weighted by Crippen LogP contribution is 2.26. The quantitative estimate of drug-likeness (QED) is 0.884. The highest BCUT2D eigenvalue weighted by Gasteiger charge is 2.18. The average Bonchev–Trinajstić information content (AvgIpc) is 2.96. The zero-order chi connectivity index (χ0) is 13.5. The summed E-state index contributed by atoms with van der Waals surface area (Å²) >= 11 is 0. The molecule has 0 atom stereocenters. The second-order valence-corrected chi connectivity index (χ2v) is 6.16. The Balaban J connectivity index is 1.89. The third-order valence-electron chi connectivity index (χ3n) is 3.02. The van der Waals surface area contributed by atoms with E-state index in [2.05, 4.69) is 15.0 Å². The molecule has 0 unspecified atom stereocenters. The molecule has 0 spiro atoms. The Labute approximate surface area is 111 Å². The lowest BCUT2D eigenvalue weighted by atomic mass is 10.1. The van der Waals surface area contributed by atoms with Crippen LogP contribution >= 0.6 is 0 Å². The van der Waals surface area contributed by atoms with Crippen molar-refractivity contribution < 1.29 is 8.42 Å². The molecule has 0 amide bonds. The van der Waals surface area contributed by atoms with Gasteiger partial charge >= 0.3 is 0 Å². The van der Waals surface area contributed by atoms with Crippen LogP contribution in [0.4, 0.5) is 11.4 Å². The third kappa shape index (κ3) is 2.28. The van der Waals surface area contributed by atoms with Crippen LogP contribution in [0.2, 0.25) is 0 Å². The van der Waals surface area contributed by atoms with Crippen molar-refractivity contribution in [1.29, 1.82) is 0 Å². The molecule has 7 heteroatoms. The van der Waals surface area contributed by atoms with E-state index in [4.69, 9.17) is 0 Å². The second-order valence-electron chi connectivity index (χ2n) is 4.53. The molecule has 0 radical (unpaired) electrons. The van der Waals surface area contributed by atoms with Crippen LogP contribution in [0.1, 0.15) is 5.56 Å². The number of imidazole rings is 1. The maximum atomic E-state index is 12.1. The fourth-order valence-corrected chi connectivity index (χ4v) is 3.14. The summed E-state index contributed by atoms with van der Waals surface area (Å²) in [4.78, 5) is 3.86. The van der Waals surface area contributed by atoms with Gasteiger partial charge in [-0.3, -0.25) is 4.72 Å². The van der Waals surface area contributed by atoms with E-state index in [9.17, 15) is 8.42 Å². The lowest BCUT2D eigenvalue weighted by Crippen LogP contribution is -2.13. The molecule has 2 N–H and O–H groups in total. The molecule has 3 rings (SSSR count). The second kappa shape index (κ2) is 4.27. The molecule has 0 saturated heterocycles. The van der Waals surface area contributed by atoms with Crippen LogP contribution in [-0.4, -0.2) is 24.5 Å². The Hall–Kier alpha value is -2.02. The van der Waals surface area contributed by atoms with Crippen molar-refractivity contribution in [3.05, 3.63) is 36.3 Å². The molecular weight excluding hydrogens is 264 g/mol. The fraction of sp³-hybridized carbons (Fsp3) is 0.250. The van der Waals surface area contributed by atoms with Crippen molar-refractivity contribution in [2.24, 2.45) is 7.05 Å². The number of nitrogens with one attached hydrogen (secondary N) is 2. The largest absolute Gasteiger partial charge is 0.384 e. The lowest BCUT2D eigenvalue weighted by Gasteiger charge is -2.07. The number of aryl methyl sites for hydroxylation is 1. The minimum atomic E-state index is -3.61. The molecule has 1 aliphatic heterocycles. The number of nitrogens with zero attached hydrogens (tertiary/aromatic N) is 2. The van der Waals surface area contributed by atoms with E-state index < -0.39 is 10.0 Å². The average molecular weight is 278 g/mol. The molecule has 6 nitrogen and oxygen atoms in total. The van der Waals surface area contributed by atoms with Crippen LogP contribution in [0.15, 0.2) is 35.7 Å². The summed E-state index contributed by atoms with van der Waals surface area (Å²) in [6.45, 7) is 0.895. The SMILES string of the molecule is Cn1cnc(S(=O)(=O)Nc2ccc3c(c2)CCN3)c1. The van der Waals surface area contributed by atoms with Gasteiger partial charge in [-0.1, -0.05) is 0 Å². The van der Waals surface area contributed by atoms with Crippen molar-refractivity contribution in [1.82, 2.24) is 9.55 Å². The first-order valence-corrected chi connectivity index (χ1v) is 7.40. The molecule has 1 aromatic heterocycles. The monoisotopic (exact) mass is 278 g/mol. The molecule has 1 aromatic carbocycles. The molecule has 0 fully saturated rings. The van der Waals surface area contributed by atoms with E-state index in [1.165, 1.54) is 12.5 Å². The van der Waals surface area contributed by atoms with Gasteiger partial charge in [-0.2, -0.15) is 8.42 Å². The molecule has 100 valence electrons. The van der Waals surface area contributed by atoms with Crippen molar-refractivity contribution >= 4 is 21.4 Å². The van der Waals surface area contributed by atoms with E-state index >= 15 is 0 Å². The van der Waals surface area contributed by atoms with Gasteiger partial charge in [-0.25, -0.2) is 4.98 Å². The van der Waals surface area contributed by atoms with Crippen LogP contribution in [0.3, 0.4) is 0 Å². The van der Waals surface area contributed by atoms with E-state index in [0.29, 0.717) is 5.69 Å². The minimum absolute atomic E-state index is 0.0219. The topological polar surface area (TPSA) is 76.0 Å². The zero-order valence-electron chi connectivity index (χ0n) is 10.4. The summed E-state index contributed by atoms with van der Waals surface area (Å²) in [6.07, 6.45) is 3.84. The molecule has 19 heavy (non-hydrogen) atoms. The first-order chi connectivity index (χ1) is 9.04. The standard InChI is InChI=1S/C12H14N4O2S/c1-16-7-12(14-8-16)19(17,18)15-10-2-3-11-9(6-10)4-5-13-11/h2-3,6-8,13,15H,4-5H2,1H3. The number of benzene rings is 1. The number of hydrogen-bond acceptors (Lipinski definition) is 4. The summed E-state index contributed by atoms with van der Waals surface area (Å²) in [5.41, 5.74) is 2.76. The Kier molecular flexibility index (Phi) is 2.70. The molecule has 2 heterocycles. The highest BCUT2D eigenvalue weighted by molar-refractivity contribution is 7.92. The normalized spacial score (nSPS) is 13.9. The molecular formula is C12H14N4O2S. The number of sulfonamides is 1. The molecule has 1 aliphatic rings. The maximum absolute atomic E-state index is 12.1. The van der Waals surface area contributed by atoms with Crippen LogP contribution in [0, 0.1) is 0 Å². The minimum Gasteiger partial charge on any atom is -0.384 e. The van der Waals surface area contributed by atoms with Crippen LogP contribution in [-0.2, 0) is 23.5 Å². The highest BCUT2D eigenvalue weighted by atomic mass is 32.2. The molecule has 0 bridgehead atoms. The van der Waals surface area contributed by atoms with Crippen molar-refractivity contribution in [3.8, 4) is 0 Å².